The first-order valence-corrected chi connectivity index (χ1v) is 18.8. The highest BCUT2D eigenvalue weighted by Gasteiger charge is 2.52. The summed E-state index contributed by atoms with van der Waals surface area (Å²) in [6.07, 6.45) is -4.47. The number of anilines is 2. The molecule has 4 rings (SSSR count). The van der Waals surface area contributed by atoms with Crippen LogP contribution in [0.1, 0.15) is 44.6 Å². The van der Waals surface area contributed by atoms with E-state index in [0.29, 0.717) is 22.9 Å². The standard InChI is InChI=1S/C37H43BrClN5O12/c1-3-4-5-6-9-20-52-22-29-30(55-36(47)43-35(46)41-27-10-7-8-11-28(27)44(49)50)31(56-37(48)42-34(45)40-26-18-16-25(39)17-19-26)32(33(51-2)54-29)53-21-23-12-14-24(38)15-13-23/h7-8,10-19,29-33H,3-6,9,20-22H2,1-2H3,(H2,40,42,45,48)(H2,41,43,46,47)/t29-,30+,31+,32-,33?/m1/s1. The smallest absolute Gasteiger partial charge is 0.415 e. The van der Waals surface area contributed by atoms with Gasteiger partial charge in [0.25, 0.3) is 5.69 Å². The van der Waals surface area contributed by atoms with E-state index in [2.05, 4.69) is 38.8 Å². The van der Waals surface area contributed by atoms with E-state index in [1.165, 1.54) is 55.6 Å². The Morgan fingerprint density at radius 1 is 0.839 bits per heavy atom. The maximum Gasteiger partial charge on any atom is 0.415 e. The van der Waals surface area contributed by atoms with E-state index >= 15 is 0 Å². The second kappa shape index (κ2) is 22.6. The molecule has 0 aliphatic carbocycles. The Bertz CT molecular complexity index is 1770. The molecule has 19 heteroatoms. The van der Waals surface area contributed by atoms with Crippen LogP contribution in [0.4, 0.5) is 36.2 Å². The number of benzene rings is 3. The third-order valence-corrected chi connectivity index (χ3v) is 9.00. The molecule has 1 aliphatic rings. The first kappa shape index (κ1) is 43.9. The number of rotatable bonds is 17. The number of carbonyl (C=O) groups is 4. The molecule has 0 aromatic heterocycles. The normalized spacial score (nSPS) is 19.0. The molecule has 5 atom stereocenters. The summed E-state index contributed by atoms with van der Waals surface area (Å²) >= 11 is 9.32. The van der Waals surface area contributed by atoms with Gasteiger partial charge >= 0.3 is 24.2 Å². The van der Waals surface area contributed by atoms with Gasteiger partial charge in [0.15, 0.2) is 18.5 Å². The van der Waals surface area contributed by atoms with Gasteiger partial charge in [-0.1, -0.05) is 84.4 Å². The molecule has 1 heterocycles. The zero-order chi connectivity index (χ0) is 40.5. The number of alkyl carbamates (subject to hydrolysis) is 2. The highest BCUT2D eigenvalue weighted by molar-refractivity contribution is 9.10. The van der Waals surface area contributed by atoms with Crippen LogP contribution in [0.2, 0.25) is 5.02 Å². The van der Waals surface area contributed by atoms with E-state index < -0.39 is 65.6 Å². The van der Waals surface area contributed by atoms with Crippen LogP contribution < -0.4 is 21.3 Å². The van der Waals surface area contributed by atoms with E-state index in [1.807, 2.05) is 5.32 Å². The number of imide groups is 2. The van der Waals surface area contributed by atoms with Gasteiger partial charge in [-0.05, 0) is 54.4 Å². The predicted octanol–water partition coefficient (Wildman–Crippen LogP) is 7.91. The molecule has 0 spiro atoms. The number of nitrogens with zero attached hydrogens (tertiary/aromatic N) is 1. The van der Waals surface area contributed by atoms with Crippen LogP contribution in [0, 0.1) is 10.1 Å². The van der Waals surface area contributed by atoms with Crippen molar-refractivity contribution in [2.45, 2.75) is 76.3 Å². The molecule has 1 fully saturated rings. The van der Waals surface area contributed by atoms with Crippen molar-refractivity contribution >= 4 is 68.8 Å². The number of urea groups is 2. The van der Waals surface area contributed by atoms with Gasteiger partial charge in [0.1, 0.15) is 17.9 Å². The van der Waals surface area contributed by atoms with Gasteiger partial charge in [0.2, 0.25) is 0 Å². The average molecular weight is 865 g/mol. The quantitative estimate of drug-likeness (QED) is 0.0579. The van der Waals surface area contributed by atoms with Crippen molar-refractivity contribution < 1.29 is 52.5 Å². The summed E-state index contributed by atoms with van der Waals surface area (Å²) in [4.78, 5) is 63.0. The van der Waals surface area contributed by atoms with Gasteiger partial charge in [-0.2, -0.15) is 0 Å². The zero-order valence-corrected chi connectivity index (χ0v) is 32.9. The van der Waals surface area contributed by atoms with Crippen molar-refractivity contribution in [2.75, 3.05) is 31.0 Å². The van der Waals surface area contributed by atoms with Gasteiger partial charge in [-0.25, -0.2) is 29.8 Å². The van der Waals surface area contributed by atoms with Crippen LogP contribution in [-0.4, -0.2) is 80.2 Å². The number of amides is 6. The van der Waals surface area contributed by atoms with Crippen molar-refractivity contribution in [1.29, 1.82) is 0 Å². The second-order valence-electron chi connectivity index (χ2n) is 12.3. The van der Waals surface area contributed by atoms with Crippen LogP contribution in [-0.2, 0) is 35.0 Å². The maximum absolute atomic E-state index is 13.3. The van der Waals surface area contributed by atoms with Crippen molar-refractivity contribution in [3.05, 3.63) is 98.0 Å². The molecule has 1 unspecified atom stereocenters. The van der Waals surface area contributed by atoms with Crippen LogP contribution in [0.5, 0.6) is 0 Å². The molecular formula is C37H43BrClN5O12. The SMILES string of the molecule is CCCCCCCOC[C@H]1OC(OC)[C@H](OCc2ccc(Br)cc2)[C@@H](OC(=O)NC(=O)Nc2ccc(Cl)cc2)[C@H]1OC(=O)NC(=O)Nc1ccccc1[N+](=O)[O-]. The van der Waals surface area contributed by atoms with E-state index in [4.69, 9.17) is 40.0 Å². The molecule has 1 aliphatic heterocycles. The topological polar surface area (TPSA) is 215 Å². The van der Waals surface area contributed by atoms with Crippen molar-refractivity contribution in [2.24, 2.45) is 0 Å². The molecular weight excluding hydrogens is 822 g/mol. The molecule has 6 amide bonds. The molecule has 1 saturated heterocycles. The number of nitro groups is 1. The van der Waals surface area contributed by atoms with E-state index in [1.54, 1.807) is 24.3 Å². The highest BCUT2D eigenvalue weighted by atomic mass is 79.9. The minimum absolute atomic E-state index is 0.0458. The lowest BCUT2D eigenvalue weighted by molar-refractivity contribution is -0.383. The minimum atomic E-state index is -1.53. The van der Waals surface area contributed by atoms with Gasteiger partial charge in [-0.3, -0.25) is 10.1 Å². The Morgan fingerprint density at radius 2 is 1.48 bits per heavy atom. The van der Waals surface area contributed by atoms with E-state index in [0.717, 1.165) is 36.6 Å². The number of halogens is 2. The van der Waals surface area contributed by atoms with Gasteiger partial charge < -0.3 is 39.1 Å². The number of carbonyl (C=O) groups excluding carboxylic acids is 4. The van der Waals surface area contributed by atoms with Gasteiger partial charge in [0, 0.05) is 35.0 Å². The lowest BCUT2D eigenvalue weighted by atomic mass is 9.98. The van der Waals surface area contributed by atoms with Crippen molar-refractivity contribution in [1.82, 2.24) is 10.6 Å². The lowest BCUT2D eigenvalue weighted by Crippen LogP contribution is -2.63. The zero-order valence-electron chi connectivity index (χ0n) is 30.6. The lowest BCUT2D eigenvalue weighted by Gasteiger charge is -2.44. The number of nitro benzene ring substituents is 1. The number of para-hydroxylation sites is 2. The summed E-state index contributed by atoms with van der Waals surface area (Å²) in [7, 11) is 1.34. The molecule has 0 radical (unpaired) electrons. The number of ether oxygens (including phenoxy) is 6. The monoisotopic (exact) mass is 863 g/mol. The number of hydrogen-bond acceptors (Lipinski definition) is 12. The Labute approximate surface area is 336 Å². The molecule has 3 aromatic carbocycles. The minimum Gasteiger partial charge on any atom is -0.439 e. The van der Waals surface area contributed by atoms with Crippen molar-refractivity contribution in [3.63, 3.8) is 0 Å². The number of hydrogen-bond donors (Lipinski definition) is 4. The molecule has 0 bridgehead atoms. The summed E-state index contributed by atoms with van der Waals surface area (Å²) in [5, 5.41) is 20.6. The Balaban J connectivity index is 1.58. The highest BCUT2D eigenvalue weighted by Crippen LogP contribution is 2.31. The first-order valence-electron chi connectivity index (χ1n) is 17.7. The summed E-state index contributed by atoms with van der Waals surface area (Å²) in [6, 6.07) is 16.5. The van der Waals surface area contributed by atoms with Crippen molar-refractivity contribution in [3.8, 4) is 0 Å². The largest absolute Gasteiger partial charge is 0.439 e. The van der Waals surface area contributed by atoms with Crippen LogP contribution in [0.25, 0.3) is 0 Å². The molecule has 0 saturated carbocycles. The van der Waals surface area contributed by atoms with Crippen LogP contribution >= 0.6 is 27.5 Å². The van der Waals surface area contributed by atoms with Gasteiger partial charge in [-0.15, -0.1) is 0 Å². The van der Waals surface area contributed by atoms with Crippen LogP contribution in [0.3, 0.4) is 0 Å². The van der Waals surface area contributed by atoms with Gasteiger partial charge in [0.05, 0.1) is 18.1 Å². The van der Waals surface area contributed by atoms with E-state index in [-0.39, 0.29) is 18.9 Å². The van der Waals surface area contributed by atoms with E-state index in [9.17, 15) is 29.3 Å². The summed E-state index contributed by atoms with van der Waals surface area (Å²) < 4.78 is 36.2. The third kappa shape index (κ3) is 14.0. The first-order chi connectivity index (χ1) is 27.0. The number of nitrogens with one attached hydrogen (secondary N) is 4. The fourth-order valence-corrected chi connectivity index (χ4v) is 5.90. The maximum atomic E-state index is 13.3. The fourth-order valence-electron chi connectivity index (χ4n) is 5.51. The summed E-state index contributed by atoms with van der Waals surface area (Å²) in [5.74, 6) is 0. The fraction of sp³-hybridized carbons (Fsp3) is 0.405. The third-order valence-electron chi connectivity index (χ3n) is 8.22. The summed E-state index contributed by atoms with van der Waals surface area (Å²) in [6.45, 7) is 2.22. The second-order valence-corrected chi connectivity index (χ2v) is 13.7. The number of unbranched alkanes of at least 4 members (excludes halogenated alkanes) is 4. The Morgan fingerprint density at radius 3 is 2.14 bits per heavy atom. The Hall–Kier alpha value is -4.85. The molecule has 17 nitrogen and oxygen atoms in total. The number of methoxy groups -OCH3 is 1. The molecule has 3 aromatic rings. The average Bonchev–Trinajstić information content (AvgIpc) is 3.16. The van der Waals surface area contributed by atoms with Crippen LogP contribution in [0.15, 0.2) is 77.3 Å². The molecule has 4 N–H and O–H groups in total. The molecule has 302 valence electrons. The Kier molecular flexibility index (Phi) is 17.7. The predicted molar refractivity (Wildman–Crippen MR) is 207 cm³/mol. The summed E-state index contributed by atoms with van der Waals surface area (Å²) in [5.41, 5.74) is 0.432. The molecule has 56 heavy (non-hydrogen) atoms.